The highest BCUT2D eigenvalue weighted by atomic mass is 32.1. The summed E-state index contributed by atoms with van der Waals surface area (Å²) in [5.41, 5.74) is 1.08. The fourth-order valence-electron chi connectivity index (χ4n) is 4.11. The van der Waals surface area contributed by atoms with Crippen molar-refractivity contribution < 1.29 is 14.3 Å². The number of para-hydroxylation sites is 1. The summed E-state index contributed by atoms with van der Waals surface area (Å²) in [6.45, 7) is 6.91. The molecule has 0 bridgehead atoms. The number of likely N-dealkylation sites (tertiary alicyclic amines) is 1. The van der Waals surface area contributed by atoms with Gasteiger partial charge in [-0.3, -0.25) is 9.69 Å². The molecule has 1 amide bonds. The van der Waals surface area contributed by atoms with E-state index in [2.05, 4.69) is 33.8 Å². The van der Waals surface area contributed by atoms with E-state index in [1.807, 2.05) is 34.4 Å². The maximum absolute atomic E-state index is 12.3. The number of morpholine rings is 1. The van der Waals surface area contributed by atoms with Crippen LogP contribution in [0.5, 0.6) is 5.75 Å². The van der Waals surface area contributed by atoms with Crippen molar-refractivity contribution in [3.05, 3.63) is 52.2 Å². The number of nitrogens with zero attached hydrogens (tertiary/aromatic N) is 2. The average Bonchev–Trinajstić information content (AvgIpc) is 3.51. The molecule has 0 saturated carbocycles. The number of carbonyl (C=O) groups is 1. The summed E-state index contributed by atoms with van der Waals surface area (Å²) < 4.78 is 11.4. The van der Waals surface area contributed by atoms with Crippen LogP contribution in [0.1, 0.15) is 29.3 Å². The van der Waals surface area contributed by atoms with Gasteiger partial charge in [-0.25, -0.2) is 0 Å². The molecule has 1 aromatic carbocycles. The van der Waals surface area contributed by atoms with Crippen molar-refractivity contribution in [2.75, 3.05) is 52.5 Å². The van der Waals surface area contributed by atoms with Crippen molar-refractivity contribution in [1.82, 2.24) is 15.1 Å². The zero-order chi connectivity index (χ0) is 20.6. The van der Waals surface area contributed by atoms with Crippen LogP contribution in [0.25, 0.3) is 0 Å². The topological polar surface area (TPSA) is 54.0 Å². The minimum atomic E-state index is 0.0836. The van der Waals surface area contributed by atoms with Crippen molar-refractivity contribution >= 4 is 17.2 Å². The molecule has 1 N–H and O–H groups in total. The van der Waals surface area contributed by atoms with Crippen LogP contribution in [0.3, 0.4) is 0 Å². The second-order valence-corrected chi connectivity index (χ2v) is 8.77. The number of nitrogens with one attached hydrogen (secondary N) is 1. The van der Waals surface area contributed by atoms with Crippen LogP contribution in [0.15, 0.2) is 41.8 Å². The minimum Gasteiger partial charge on any atom is -0.483 e. The number of benzene rings is 1. The molecule has 162 valence electrons. The Hall–Kier alpha value is -1.93. The lowest BCUT2D eigenvalue weighted by Gasteiger charge is -2.34. The van der Waals surface area contributed by atoms with Gasteiger partial charge in [0.05, 0.1) is 19.3 Å². The highest BCUT2D eigenvalue weighted by Gasteiger charge is 2.23. The molecule has 1 aromatic heterocycles. The van der Waals surface area contributed by atoms with Gasteiger partial charge in [-0.2, -0.15) is 0 Å². The number of carbonyl (C=O) groups excluding carboxylic acids is 1. The Bertz CT molecular complexity index is 787. The van der Waals surface area contributed by atoms with Gasteiger partial charge in [0, 0.05) is 49.7 Å². The number of hydrogen-bond donors (Lipinski definition) is 1. The fraction of sp³-hybridized carbons (Fsp3) is 0.522. The Balaban J connectivity index is 1.33. The molecule has 30 heavy (non-hydrogen) atoms. The van der Waals surface area contributed by atoms with E-state index in [-0.39, 0.29) is 12.5 Å². The predicted octanol–water partition coefficient (Wildman–Crippen LogP) is 2.91. The Labute approximate surface area is 182 Å². The Morgan fingerprint density at radius 1 is 1.10 bits per heavy atom. The summed E-state index contributed by atoms with van der Waals surface area (Å²) in [7, 11) is 0. The molecule has 1 atom stereocenters. The van der Waals surface area contributed by atoms with E-state index >= 15 is 0 Å². The van der Waals surface area contributed by atoms with Crippen molar-refractivity contribution in [3.63, 3.8) is 0 Å². The van der Waals surface area contributed by atoms with E-state index in [0.717, 1.165) is 70.1 Å². The predicted molar refractivity (Wildman–Crippen MR) is 119 cm³/mol. The average molecular weight is 430 g/mol. The maximum Gasteiger partial charge on any atom is 0.260 e. The smallest absolute Gasteiger partial charge is 0.260 e. The highest BCUT2D eigenvalue weighted by molar-refractivity contribution is 7.10. The number of hydrogen-bond acceptors (Lipinski definition) is 6. The van der Waals surface area contributed by atoms with Gasteiger partial charge < -0.3 is 19.7 Å². The van der Waals surface area contributed by atoms with E-state index in [1.54, 1.807) is 0 Å². The molecular weight excluding hydrogens is 398 g/mol. The molecule has 0 aliphatic carbocycles. The minimum absolute atomic E-state index is 0.0836. The monoisotopic (exact) mass is 429 g/mol. The molecular formula is C23H31N3O3S. The first kappa shape index (κ1) is 21.3. The SMILES string of the molecule is O=C(COc1ccccc1CNC[C@@H](c1cccs1)N1CCOCC1)N1CCCC1. The van der Waals surface area contributed by atoms with Crippen molar-refractivity contribution in [2.45, 2.75) is 25.4 Å². The molecule has 6 nitrogen and oxygen atoms in total. The Morgan fingerprint density at radius 2 is 1.90 bits per heavy atom. The molecule has 4 rings (SSSR count). The summed E-state index contributed by atoms with van der Waals surface area (Å²) in [6, 6.07) is 12.7. The maximum atomic E-state index is 12.3. The summed E-state index contributed by atoms with van der Waals surface area (Å²) in [4.78, 5) is 18.1. The first-order valence-corrected chi connectivity index (χ1v) is 11.7. The Kier molecular flexibility index (Phi) is 7.75. The van der Waals surface area contributed by atoms with E-state index in [1.165, 1.54) is 4.88 Å². The second kappa shape index (κ2) is 10.9. The van der Waals surface area contributed by atoms with Gasteiger partial charge in [0.1, 0.15) is 5.75 Å². The largest absolute Gasteiger partial charge is 0.483 e. The van der Waals surface area contributed by atoms with E-state index in [9.17, 15) is 4.79 Å². The van der Waals surface area contributed by atoms with E-state index < -0.39 is 0 Å². The first-order chi connectivity index (χ1) is 14.8. The van der Waals surface area contributed by atoms with Crippen LogP contribution >= 0.6 is 11.3 Å². The van der Waals surface area contributed by atoms with Gasteiger partial charge in [-0.05, 0) is 30.4 Å². The molecule has 2 aliphatic rings. The van der Waals surface area contributed by atoms with Gasteiger partial charge in [-0.1, -0.05) is 24.3 Å². The molecule has 2 aliphatic heterocycles. The molecule has 0 spiro atoms. The lowest BCUT2D eigenvalue weighted by Crippen LogP contribution is -2.42. The van der Waals surface area contributed by atoms with E-state index in [4.69, 9.17) is 9.47 Å². The van der Waals surface area contributed by atoms with Crippen molar-refractivity contribution in [1.29, 1.82) is 0 Å². The zero-order valence-electron chi connectivity index (χ0n) is 17.4. The third-order valence-electron chi connectivity index (χ3n) is 5.79. The summed E-state index contributed by atoms with van der Waals surface area (Å²) >= 11 is 1.81. The summed E-state index contributed by atoms with van der Waals surface area (Å²) in [5, 5.41) is 5.76. The van der Waals surface area contributed by atoms with Crippen LogP contribution in [0.4, 0.5) is 0 Å². The number of thiophene rings is 1. The third kappa shape index (κ3) is 5.60. The molecule has 2 saturated heterocycles. The van der Waals surface area contributed by atoms with Gasteiger partial charge >= 0.3 is 0 Å². The third-order valence-corrected chi connectivity index (χ3v) is 6.77. The first-order valence-electron chi connectivity index (χ1n) is 10.9. The molecule has 2 fully saturated rings. The van der Waals surface area contributed by atoms with Gasteiger partial charge in [0.15, 0.2) is 6.61 Å². The standard InChI is InChI=1S/C23H31N3O3S/c27-23(26-9-3-4-10-26)18-29-21-7-2-1-6-19(21)16-24-17-20(22-8-5-15-30-22)25-11-13-28-14-12-25/h1-2,5-8,15,20,24H,3-4,9-14,16-18H2/t20-/m0/s1. The summed E-state index contributed by atoms with van der Waals surface area (Å²) in [6.07, 6.45) is 2.20. The quantitative estimate of drug-likeness (QED) is 0.664. The van der Waals surface area contributed by atoms with Crippen molar-refractivity contribution in [3.8, 4) is 5.75 Å². The van der Waals surface area contributed by atoms with Gasteiger partial charge in [-0.15, -0.1) is 11.3 Å². The highest BCUT2D eigenvalue weighted by Crippen LogP contribution is 2.26. The number of rotatable bonds is 9. The van der Waals surface area contributed by atoms with Gasteiger partial charge in [0.2, 0.25) is 0 Å². The lowest BCUT2D eigenvalue weighted by molar-refractivity contribution is -0.132. The van der Waals surface area contributed by atoms with Crippen LogP contribution in [-0.2, 0) is 16.1 Å². The second-order valence-electron chi connectivity index (χ2n) is 7.79. The Morgan fingerprint density at radius 3 is 2.67 bits per heavy atom. The molecule has 0 radical (unpaired) electrons. The lowest BCUT2D eigenvalue weighted by atomic mass is 10.1. The zero-order valence-corrected chi connectivity index (χ0v) is 18.2. The molecule has 3 heterocycles. The number of ether oxygens (including phenoxy) is 2. The van der Waals surface area contributed by atoms with Crippen LogP contribution in [-0.4, -0.2) is 68.3 Å². The summed E-state index contributed by atoms with van der Waals surface area (Å²) in [5.74, 6) is 0.872. The van der Waals surface area contributed by atoms with Crippen molar-refractivity contribution in [2.24, 2.45) is 0 Å². The molecule has 0 unspecified atom stereocenters. The normalized spacial score (nSPS) is 18.5. The van der Waals surface area contributed by atoms with Gasteiger partial charge in [0.25, 0.3) is 5.91 Å². The fourth-order valence-corrected chi connectivity index (χ4v) is 4.97. The molecule has 7 heteroatoms. The molecule has 2 aromatic rings. The van der Waals surface area contributed by atoms with Crippen LogP contribution in [0.2, 0.25) is 0 Å². The van der Waals surface area contributed by atoms with Crippen LogP contribution in [0, 0.1) is 0 Å². The number of amides is 1. The van der Waals surface area contributed by atoms with E-state index in [0.29, 0.717) is 12.6 Å². The van der Waals surface area contributed by atoms with Crippen LogP contribution < -0.4 is 10.1 Å².